The highest BCUT2D eigenvalue weighted by Gasteiger charge is 2.66. The van der Waals surface area contributed by atoms with Crippen molar-refractivity contribution in [2.75, 3.05) is 0 Å². The molecule has 2 bridgehead atoms. The number of rotatable bonds is 3. The summed E-state index contributed by atoms with van der Waals surface area (Å²) in [7, 11) is -3.75. The average molecular weight is 397 g/mol. The predicted octanol–water partition coefficient (Wildman–Crippen LogP) is 3.18. The fourth-order valence-corrected chi connectivity index (χ4v) is 5.67. The van der Waals surface area contributed by atoms with Crippen LogP contribution in [0.25, 0.3) is 0 Å². The number of alkyl halides is 5. The number of piperidine rings is 1. The zero-order valence-corrected chi connectivity index (χ0v) is 14.2. The molecule has 3 rings (SSSR count). The van der Waals surface area contributed by atoms with Gasteiger partial charge in [0.2, 0.25) is 0 Å². The first-order chi connectivity index (χ1) is 12.0. The van der Waals surface area contributed by atoms with Crippen LogP contribution in [0.15, 0.2) is 35.2 Å². The summed E-state index contributed by atoms with van der Waals surface area (Å²) in [6, 6.07) is 5.69. The van der Waals surface area contributed by atoms with Gasteiger partial charge in [-0.2, -0.15) is 22.0 Å². The van der Waals surface area contributed by atoms with E-state index in [0.29, 0.717) is 4.90 Å². The first-order valence-corrected chi connectivity index (χ1v) is 9.57. The summed E-state index contributed by atoms with van der Waals surface area (Å²) in [4.78, 5) is 12.5. The molecule has 2 heterocycles. The highest BCUT2D eigenvalue weighted by atomic mass is 32.2. The molecule has 2 aliphatic heterocycles. The number of carbonyl (C=O) groups is 1. The van der Waals surface area contributed by atoms with Gasteiger partial charge >= 0.3 is 18.0 Å². The molecule has 144 valence electrons. The molecule has 0 saturated carbocycles. The average Bonchev–Trinajstić information content (AvgIpc) is 2.82. The topological polar surface area (TPSA) is 54.5 Å². The van der Waals surface area contributed by atoms with Crippen LogP contribution in [0.4, 0.5) is 22.0 Å². The molecule has 0 N–H and O–H groups in total. The predicted molar refractivity (Wildman–Crippen MR) is 81.3 cm³/mol. The molecule has 1 aromatic rings. The van der Waals surface area contributed by atoms with Gasteiger partial charge in [-0.3, -0.25) is 4.79 Å². The number of halogens is 5. The van der Waals surface area contributed by atoms with Gasteiger partial charge in [0.25, 0.3) is 0 Å². The second-order valence-electron chi connectivity index (χ2n) is 6.62. The first-order valence-electron chi connectivity index (χ1n) is 8.02. The van der Waals surface area contributed by atoms with E-state index in [4.69, 9.17) is 0 Å². The smallest absolute Gasteiger partial charge is 0.331 e. The summed E-state index contributed by atoms with van der Waals surface area (Å²) in [5.74, 6) is -7.76. The van der Waals surface area contributed by atoms with Crippen LogP contribution >= 0.6 is 0 Å². The molecule has 2 aliphatic rings. The summed E-state index contributed by atoms with van der Waals surface area (Å²) in [5, 5.41) is -0.911. The molecule has 0 spiro atoms. The Labute approximate surface area is 146 Å². The number of hydrogen-bond acceptors (Lipinski definition) is 3. The van der Waals surface area contributed by atoms with Crippen molar-refractivity contribution >= 4 is 15.7 Å². The largest absolute Gasteiger partial charge is 0.463 e. The van der Waals surface area contributed by atoms with Gasteiger partial charge < -0.3 is 4.90 Å². The van der Waals surface area contributed by atoms with Crippen LogP contribution in [0, 0.1) is 0 Å². The number of sulfone groups is 1. The number of carbonyl (C=O) groups excluding carboxylic acids is 1. The van der Waals surface area contributed by atoms with E-state index in [9.17, 15) is 35.2 Å². The van der Waals surface area contributed by atoms with Crippen LogP contribution in [-0.2, 0) is 14.6 Å². The van der Waals surface area contributed by atoms with Crippen molar-refractivity contribution < 1.29 is 35.2 Å². The molecule has 2 fully saturated rings. The lowest BCUT2D eigenvalue weighted by Crippen LogP contribution is -2.58. The number of nitrogens with zero attached hydrogens (tertiary/aromatic N) is 1. The normalized spacial score (nSPS) is 26.8. The third-order valence-corrected chi connectivity index (χ3v) is 7.25. The van der Waals surface area contributed by atoms with Crippen molar-refractivity contribution in [3.05, 3.63) is 30.3 Å². The number of benzene rings is 1. The maximum Gasteiger partial charge on any atom is 0.463 e. The van der Waals surface area contributed by atoms with Crippen molar-refractivity contribution in [3.63, 3.8) is 0 Å². The molecule has 1 amide bonds. The van der Waals surface area contributed by atoms with Crippen LogP contribution in [0.5, 0.6) is 0 Å². The van der Waals surface area contributed by atoms with E-state index in [-0.39, 0.29) is 30.6 Å². The van der Waals surface area contributed by atoms with Gasteiger partial charge in [0.1, 0.15) is 0 Å². The number of amides is 1. The molecule has 26 heavy (non-hydrogen) atoms. The molecule has 0 radical (unpaired) electrons. The van der Waals surface area contributed by atoms with Crippen molar-refractivity contribution in [3.8, 4) is 0 Å². The third-order valence-electron chi connectivity index (χ3n) is 5.06. The zero-order valence-electron chi connectivity index (χ0n) is 13.4. The second-order valence-corrected chi connectivity index (χ2v) is 8.85. The summed E-state index contributed by atoms with van der Waals surface area (Å²) in [6.45, 7) is 0. The fraction of sp³-hybridized carbons (Fsp3) is 0.562. The molecule has 4 nitrogen and oxygen atoms in total. The van der Waals surface area contributed by atoms with E-state index in [1.807, 2.05) is 0 Å². The van der Waals surface area contributed by atoms with Crippen molar-refractivity contribution in [1.82, 2.24) is 4.90 Å². The Balaban J connectivity index is 1.84. The number of fused-ring (bicyclic) bond motifs is 2. The number of hydrogen-bond donors (Lipinski definition) is 0. The van der Waals surface area contributed by atoms with Gasteiger partial charge in [-0.05, 0) is 37.8 Å². The molecule has 0 aliphatic carbocycles. The van der Waals surface area contributed by atoms with E-state index in [2.05, 4.69) is 0 Å². The molecule has 10 heteroatoms. The summed E-state index contributed by atoms with van der Waals surface area (Å²) in [6.07, 6.45) is -5.84. The van der Waals surface area contributed by atoms with E-state index in [1.165, 1.54) is 12.1 Å². The Hall–Kier alpha value is -1.71. The van der Waals surface area contributed by atoms with E-state index >= 15 is 0 Å². The highest BCUT2D eigenvalue weighted by molar-refractivity contribution is 7.92. The third kappa shape index (κ3) is 2.97. The van der Waals surface area contributed by atoms with Crippen molar-refractivity contribution in [2.45, 2.75) is 60.0 Å². The van der Waals surface area contributed by atoms with Crippen LogP contribution in [0.2, 0.25) is 0 Å². The van der Waals surface area contributed by atoms with E-state index < -0.39 is 45.2 Å². The summed E-state index contributed by atoms with van der Waals surface area (Å²) >= 11 is 0. The first kappa shape index (κ1) is 19.1. The minimum Gasteiger partial charge on any atom is -0.331 e. The lowest BCUT2D eigenvalue weighted by molar-refractivity contribution is -0.275. The van der Waals surface area contributed by atoms with Gasteiger partial charge in [-0.1, -0.05) is 18.2 Å². The van der Waals surface area contributed by atoms with Crippen LogP contribution in [0.1, 0.15) is 25.7 Å². The quantitative estimate of drug-likeness (QED) is 0.737. The maximum atomic E-state index is 13.4. The molecular formula is C16H16F5NO3S. The summed E-state index contributed by atoms with van der Waals surface area (Å²) < 4.78 is 89.8. The molecule has 2 saturated heterocycles. The van der Waals surface area contributed by atoms with Gasteiger partial charge in [0.15, 0.2) is 9.84 Å². The Kier molecular flexibility index (Phi) is 4.53. The maximum absolute atomic E-state index is 13.4. The minimum absolute atomic E-state index is 0.0739. The Morgan fingerprint density at radius 1 is 0.962 bits per heavy atom. The Morgan fingerprint density at radius 3 is 1.92 bits per heavy atom. The van der Waals surface area contributed by atoms with Crippen LogP contribution < -0.4 is 0 Å². The molecule has 2 atom stereocenters. The molecule has 1 aromatic carbocycles. The van der Waals surface area contributed by atoms with Gasteiger partial charge in [-0.25, -0.2) is 8.42 Å². The monoisotopic (exact) mass is 397 g/mol. The molecular weight excluding hydrogens is 381 g/mol. The zero-order chi connectivity index (χ0) is 19.3. The second kappa shape index (κ2) is 6.17. The van der Waals surface area contributed by atoms with E-state index in [0.717, 1.165) is 0 Å². The Bertz CT molecular complexity index is 780. The molecule has 2 unspecified atom stereocenters. The van der Waals surface area contributed by atoms with Gasteiger partial charge in [0.05, 0.1) is 10.1 Å². The van der Waals surface area contributed by atoms with Crippen molar-refractivity contribution in [2.24, 2.45) is 0 Å². The highest BCUT2D eigenvalue weighted by Crippen LogP contribution is 2.44. The standard InChI is InChI=1S/C16H16F5NO3S/c17-15(18,16(19,20)21)14(23)22-10-6-7-11(22)9-13(8-10)26(24,25)12-4-2-1-3-5-12/h1-5,10-11,13H,6-9H2. The summed E-state index contributed by atoms with van der Waals surface area (Å²) in [5.41, 5.74) is 0. The Morgan fingerprint density at radius 2 is 1.46 bits per heavy atom. The SMILES string of the molecule is O=C(N1C2CCC1CC(S(=O)(=O)c1ccccc1)C2)C(F)(F)C(F)(F)F. The minimum atomic E-state index is -5.98. The van der Waals surface area contributed by atoms with Gasteiger partial charge in [0, 0.05) is 12.1 Å². The van der Waals surface area contributed by atoms with E-state index in [1.54, 1.807) is 18.2 Å². The lowest BCUT2D eigenvalue weighted by Gasteiger charge is -2.40. The lowest BCUT2D eigenvalue weighted by atomic mass is 10.0. The molecule has 0 aromatic heterocycles. The van der Waals surface area contributed by atoms with Crippen molar-refractivity contribution in [1.29, 1.82) is 0 Å². The van der Waals surface area contributed by atoms with Crippen LogP contribution in [-0.4, -0.2) is 48.7 Å². The van der Waals surface area contributed by atoms with Crippen LogP contribution in [0.3, 0.4) is 0 Å². The van der Waals surface area contributed by atoms with Gasteiger partial charge in [-0.15, -0.1) is 0 Å². The fourth-order valence-electron chi connectivity index (χ4n) is 3.80.